The molecule has 0 fully saturated rings. The van der Waals surface area contributed by atoms with Crippen molar-refractivity contribution in [1.29, 1.82) is 0 Å². The lowest BCUT2D eigenvalue weighted by Crippen LogP contribution is -2.34. The van der Waals surface area contributed by atoms with Gasteiger partial charge in [-0.3, -0.25) is 0 Å². The van der Waals surface area contributed by atoms with E-state index in [9.17, 15) is 0 Å². The minimum Gasteiger partial charge on any atom is -0.385 e. The van der Waals surface area contributed by atoms with Crippen molar-refractivity contribution in [3.8, 4) is 0 Å². The van der Waals surface area contributed by atoms with E-state index in [0.29, 0.717) is 6.04 Å². The van der Waals surface area contributed by atoms with Crippen LogP contribution in [0.2, 0.25) is 0 Å². The maximum absolute atomic E-state index is 5.52. The summed E-state index contributed by atoms with van der Waals surface area (Å²) in [5.74, 6) is 0. The Morgan fingerprint density at radius 1 is 1.00 bits per heavy atom. The normalized spacial score (nSPS) is 12.9. The van der Waals surface area contributed by atoms with Crippen molar-refractivity contribution in [2.24, 2.45) is 0 Å². The highest BCUT2D eigenvalue weighted by Gasteiger charge is 2.06. The van der Waals surface area contributed by atoms with Gasteiger partial charge in [0, 0.05) is 40.1 Å². The fourth-order valence-corrected chi connectivity index (χ4v) is 1.63. The summed E-state index contributed by atoms with van der Waals surface area (Å²) in [6.45, 7) is 6.43. The summed E-state index contributed by atoms with van der Waals surface area (Å²) in [5.41, 5.74) is 0. The second kappa shape index (κ2) is 13.9. The van der Waals surface area contributed by atoms with Crippen LogP contribution in [0.15, 0.2) is 0 Å². The second-order valence-electron chi connectivity index (χ2n) is 4.21. The van der Waals surface area contributed by atoms with Crippen LogP contribution in [0.25, 0.3) is 0 Å². The van der Waals surface area contributed by atoms with E-state index in [0.717, 1.165) is 58.7 Å². The summed E-state index contributed by atoms with van der Waals surface area (Å²) in [5, 5.41) is 3.48. The van der Waals surface area contributed by atoms with Crippen LogP contribution in [-0.4, -0.2) is 53.2 Å². The van der Waals surface area contributed by atoms with E-state index in [1.165, 1.54) is 0 Å². The Morgan fingerprint density at radius 3 is 2.41 bits per heavy atom. The van der Waals surface area contributed by atoms with Gasteiger partial charge in [-0.15, -0.1) is 0 Å². The fraction of sp³-hybridized carbons (Fsp3) is 1.00. The summed E-state index contributed by atoms with van der Waals surface area (Å²) in [4.78, 5) is 0. The Morgan fingerprint density at radius 2 is 1.76 bits per heavy atom. The molecule has 1 N–H and O–H groups in total. The molecule has 0 saturated heterocycles. The van der Waals surface area contributed by atoms with Gasteiger partial charge in [0.15, 0.2) is 0 Å². The summed E-state index contributed by atoms with van der Waals surface area (Å²) in [6, 6.07) is 0.461. The number of hydrogen-bond acceptors (Lipinski definition) is 4. The Bertz CT molecular complexity index is 145. The van der Waals surface area contributed by atoms with Crippen molar-refractivity contribution in [1.82, 2.24) is 5.32 Å². The molecule has 17 heavy (non-hydrogen) atoms. The SMILES string of the molecule is CCCNC(CCCOCCCOC)COC. The number of nitrogens with one attached hydrogen (secondary N) is 1. The van der Waals surface area contributed by atoms with E-state index >= 15 is 0 Å². The zero-order chi connectivity index (χ0) is 12.8. The summed E-state index contributed by atoms with van der Waals surface area (Å²) in [6.07, 6.45) is 4.33. The molecule has 4 nitrogen and oxygen atoms in total. The molecule has 0 aromatic carbocycles. The van der Waals surface area contributed by atoms with E-state index in [4.69, 9.17) is 14.2 Å². The molecule has 0 bridgehead atoms. The Balaban J connectivity index is 3.34. The lowest BCUT2D eigenvalue weighted by atomic mass is 10.1. The fourth-order valence-electron chi connectivity index (χ4n) is 1.63. The quantitative estimate of drug-likeness (QED) is 0.504. The number of rotatable bonds is 13. The standard InChI is InChI=1S/C13H29NO3/c1-4-8-14-13(12-16-3)7-5-10-17-11-6-9-15-2/h13-14H,4-12H2,1-3H3. The van der Waals surface area contributed by atoms with Gasteiger partial charge in [-0.25, -0.2) is 0 Å². The van der Waals surface area contributed by atoms with E-state index < -0.39 is 0 Å². The van der Waals surface area contributed by atoms with Crippen molar-refractivity contribution in [2.75, 3.05) is 47.2 Å². The molecule has 0 radical (unpaired) electrons. The smallest absolute Gasteiger partial charge is 0.0615 e. The van der Waals surface area contributed by atoms with Crippen molar-refractivity contribution in [3.63, 3.8) is 0 Å². The molecule has 0 amide bonds. The van der Waals surface area contributed by atoms with E-state index in [2.05, 4.69) is 12.2 Å². The van der Waals surface area contributed by atoms with Gasteiger partial charge in [0.2, 0.25) is 0 Å². The van der Waals surface area contributed by atoms with Crippen molar-refractivity contribution < 1.29 is 14.2 Å². The average Bonchev–Trinajstić information content (AvgIpc) is 2.34. The van der Waals surface area contributed by atoms with E-state index in [1.807, 2.05) is 0 Å². The van der Waals surface area contributed by atoms with Crippen LogP contribution >= 0.6 is 0 Å². The van der Waals surface area contributed by atoms with Crippen LogP contribution in [0, 0.1) is 0 Å². The predicted octanol–water partition coefficient (Wildman–Crippen LogP) is 1.83. The van der Waals surface area contributed by atoms with Gasteiger partial charge in [0.25, 0.3) is 0 Å². The minimum absolute atomic E-state index is 0.461. The van der Waals surface area contributed by atoms with Crippen molar-refractivity contribution in [2.45, 2.75) is 38.6 Å². The molecule has 0 aliphatic heterocycles. The zero-order valence-corrected chi connectivity index (χ0v) is 11.7. The molecule has 0 aliphatic rings. The van der Waals surface area contributed by atoms with Crippen LogP contribution in [0.3, 0.4) is 0 Å². The van der Waals surface area contributed by atoms with Crippen molar-refractivity contribution >= 4 is 0 Å². The molecule has 1 atom stereocenters. The lowest BCUT2D eigenvalue weighted by molar-refractivity contribution is 0.0952. The third kappa shape index (κ3) is 12.1. The molecule has 0 aromatic rings. The zero-order valence-electron chi connectivity index (χ0n) is 11.7. The van der Waals surface area contributed by atoms with E-state index in [1.54, 1.807) is 14.2 Å². The van der Waals surface area contributed by atoms with Crippen LogP contribution in [0.4, 0.5) is 0 Å². The molecule has 0 saturated carbocycles. The maximum atomic E-state index is 5.52. The Hall–Kier alpha value is -0.160. The Labute approximate surface area is 106 Å². The first kappa shape index (κ1) is 16.8. The molecule has 104 valence electrons. The molecule has 0 aliphatic carbocycles. The van der Waals surface area contributed by atoms with Gasteiger partial charge in [-0.1, -0.05) is 6.92 Å². The predicted molar refractivity (Wildman–Crippen MR) is 70.5 cm³/mol. The highest BCUT2D eigenvalue weighted by atomic mass is 16.5. The topological polar surface area (TPSA) is 39.7 Å². The largest absolute Gasteiger partial charge is 0.385 e. The number of methoxy groups -OCH3 is 2. The second-order valence-corrected chi connectivity index (χ2v) is 4.21. The molecular weight excluding hydrogens is 218 g/mol. The van der Waals surface area contributed by atoms with Crippen LogP contribution < -0.4 is 5.32 Å². The molecule has 4 heteroatoms. The van der Waals surface area contributed by atoms with Gasteiger partial charge in [0.1, 0.15) is 0 Å². The van der Waals surface area contributed by atoms with Crippen LogP contribution in [-0.2, 0) is 14.2 Å². The summed E-state index contributed by atoms with van der Waals surface area (Å²) >= 11 is 0. The molecule has 0 rings (SSSR count). The Kier molecular flexibility index (Phi) is 13.8. The van der Waals surface area contributed by atoms with Crippen LogP contribution in [0.5, 0.6) is 0 Å². The first-order valence-electron chi connectivity index (χ1n) is 6.64. The summed E-state index contributed by atoms with van der Waals surface area (Å²) in [7, 11) is 3.47. The minimum atomic E-state index is 0.461. The molecule has 0 heterocycles. The average molecular weight is 247 g/mol. The maximum Gasteiger partial charge on any atom is 0.0615 e. The number of ether oxygens (including phenoxy) is 3. The van der Waals surface area contributed by atoms with Gasteiger partial charge < -0.3 is 19.5 Å². The highest BCUT2D eigenvalue weighted by molar-refractivity contribution is 4.65. The number of hydrogen-bond donors (Lipinski definition) is 1. The molecule has 0 spiro atoms. The molecule has 1 unspecified atom stereocenters. The third-order valence-electron chi connectivity index (χ3n) is 2.53. The first-order valence-corrected chi connectivity index (χ1v) is 6.64. The van der Waals surface area contributed by atoms with Crippen molar-refractivity contribution in [3.05, 3.63) is 0 Å². The van der Waals surface area contributed by atoms with E-state index in [-0.39, 0.29) is 0 Å². The molecular formula is C13H29NO3. The van der Waals surface area contributed by atoms with Gasteiger partial charge >= 0.3 is 0 Å². The third-order valence-corrected chi connectivity index (χ3v) is 2.53. The monoisotopic (exact) mass is 247 g/mol. The highest BCUT2D eigenvalue weighted by Crippen LogP contribution is 1.99. The van der Waals surface area contributed by atoms with Gasteiger partial charge in [-0.05, 0) is 32.2 Å². The lowest BCUT2D eigenvalue weighted by Gasteiger charge is -2.17. The summed E-state index contributed by atoms with van der Waals surface area (Å²) < 4.78 is 15.7. The van der Waals surface area contributed by atoms with Crippen LogP contribution in [0.1, 0.15) is 32.6 Å². The molecule has 0 aromatic heterocycles. The van der Waals surface area contributed by atoms with Gasteiger partial charge in [0.05, 0.1) is 6.61 Å². The first-order chi connectivity index (χ1) is 8.35. The van der Waals surface area contributed by atoms with Gasteiger partial charge in [-0.2, -0.15) is 0 Å².